The van der Waals surface area contributed by atoms with Crippen molar-refractivity contribution >= 4 is 27.8 Å². The Morgan fingerprint density at radius 2 is 1.82 bits per heavy atom. The molecule has 8 heteroatoms. The Hall–Kier alpha value is -3.15. The summed E-state index contributed by atoms with van der Waals surface area (Å²) in [7, 11) is -4.10. The maximum absolute atomic E-state index is 14.5. The lowest BCUT2D eigenvalue weighted by Crippen LogP contribution is -2.49. The number of hydrogen-bond donors (Lipinski definition) is 0. The van der Waals surface area contributed by atoms with Crippen LogP contribution in [0.1, 0.15) is 78.5 Å². The predicted molar refractivity (Wildman–Crippen MR) is 156 cm³/mol. The highest BCUT2D eigenvalue weighted by Crippen LogP contribution is 2.55. The molecular weight excluding hydrogens is 524 g/mol. The van der Waals surface area contributed by atoms with Crippen LogP contribution in [-0.2, 0) is 35.1 Å². The fraction of sp³-hybridized carbons (Fsp3) is 0.500. The normalized spacial score (nSPS) is 21.3. The second-order valence-electron chi connectivity index (χ2n) is 12.9. The van der Waals surface area contributed by atoms with Crippen molar-refractivity contribution in [3.05, 3.63) is 65.2 Å². The molecule has 0 aromatic heterocycles. The number of fused-ring (bicyclic) bond motifs is 3. The first kappa shape index (κ1) is 29.8. The van der Waals surface area contributed by atoms with Crippen molar-refractivity contribution in [3.8, 4) is 6.07 Å². The topological polar surface area (TPSA) is 96.7 Å². The number of anilines is 1. The van der Waals surface area contributed by atoms with Gasteiger partial charge in [0.25, 0.3) is 10.0 Å². The molecule has 1 saturated heterocycles. The molecule has 0 aliphatic carbocycles. The van der Waals surface area contributed by atoms with E-state index in [4.69, 9.17) is 9.47 Å². The minimum Gasteiger partial charge on any atom is -0.463 e. The summed E-state index contributed by atoms with van der Waals surface area (Å²) < 4.78 is 41.4. The second-order valence-corrected chi connectivity index (χ2v) is 14.8. The van der Waals surface area contributed by atoms with Crippen LogP contribution in [0.4, 0.5) is 5.69 Å². The Kier molecular flexibility index (Phi) is 7.49. The Labute approximate surface area is 238 Å². The van der Waals surface area contributed by atoms with Crippen molar-refractivity contribution in [1.82, 2.24) is 0 Å². The largest absolute Gasteiger partial charge is 0.463 e. The zero-order valence-corrected chi connectivity index (χ0v) is 25.6. The van der Waals surface area contributed by atoms with Crippen molar-refractivity contribution < 1.29 is 22.7 Å². The van der Waals surface area contributed by atoms with E-state index in [1.165, 1.54) is 10.4 Å². The van der Waals surface area contributed by atoms with E-state index >= 15 is 0 Å². The summed E-state index contributed by atoms with van der Waals surface area (Å²) in [5.74, 6) is -0.463. The Bertz CT molecular complexity index is 1480. The minimum atomic E-state index is -4.10. The van der Waals surface area contributed by atoms with Gasteiger partial charge in [0.05, 0.1) is 35.3 Å². The average Bonchev–Trinajstić information content (AvgIpc) is 3.34. The number of nitrogens with zero attached hydrogens (tertiary/aromatic N) is 2. The van der Waals surface area contributed by atoms with Gasteiger partial charge in [-0.3, -0.25) is 0 Å². The van der Waals surface area contributed by atoms with Crippen molar-refractivity contribution in [1.29, 1.82) is 5.26 Å². The molecule has 2 aromatic carbocycles. The van der Waals surface area contributed by atoms with Crippen LogP contribution in [0.3, 0.4) is 0 Å². The fourth-order valence-corrected chi connectivity index (χ4v) is 8.44. The lowest BCUT2D eigenvalue weighted by molar-refractivity contribution is -0.137. The number of ether oxygens (including phenoxy) is 2. The third-order valence-corrected chi connectivity index (χ3v) is 10.2. The third-order valence-electron chi connectivity index (χ3n) is 8.47. The summed E-state index contributed by atoms with van der Waals surface area (Å²) in [6.45, 7) is 16.6. The molecule has 214 valence electrons. The van der Waals surface area contributed by atoms with Gasteiger partial charge in [-0.1, -0.05) is 72.7 Å². The van der Waals surface area contributed by atoms with Crippen LogP contribution in [-0.4, -0.2) is 33.8 Å². The van der Waals surface area contributed by atoms with Crippen molar-refractivity contribution in [2.75, 3.05) is 17.5 Å². The SMILES string of the molecule is CCOC(=O)/C=C/c1ccc2c(c1)N(S(=O)(=O)c1cccc(C(C#N)(C(C)(C)C)C(C)(C)C)c1)[C@H]1OCC[C@@]21C. The number of esters is 1. The molecule has 0 spiro atoms. The summed E-state index contributed by atoms with van der Waals surface area (Å²) in [4.78, 5) is 12.0. The number of hydrogen-bond acceptors (Lipinski definition) is 6. The Morgan fingerprint density at radius 3 is 2.42 bits per heavy atom. The highest BCUT2D eigenvalue weighted by Gasteiger charge is 2.57. The van der Waals surface area contributed by atoms with E-state index in [0.29, 0.717) is 29.8 Å². The van der Waals surface area contributed by atoms with Crippen LogP contribution in [0.15, 0.2) is 53.4 Å². The molecule has 0 amide bonds. The summed E-state index contributed by atoms with van der Waals surface area (Å²) >= 11 is 0. The third kappa shape index (κ3) is 4.53. The van der Waals surface area contributed by atoms with E-state index < -0.39 is 43.9 Å². The first-order chi connectivity index (χ1) is 18.5. The lowest BCUT2D eigenvalue weighted by atomic mass is 9.52. The summed E-state index contributed by atoms with van der Waals surface area (Å²) in [6, 6.07) is 15.0. The molecule has 0 radical (unpaired) electrons. The minimum absolute atomic E-state index is 0.108. The molecule has 0 saturated carbocycles. The highest BCUT2D eigenvalue weighted by molar-refractivity contribution is 7.92. The van der Waals surface area contributed by atoms with E-state index in [1.54, 1.807) is 37.3 Å². The molecular formula is C32H40N2O5S. The van der Waals surface area contributed by atoms with Crippen LogP contribution < -0.4 is 4.31 Å². The van der Waals surface area contributed by atoms with Gasteiger partial charge in [-0.2, -0.15) is 5.26 Å². The standard InChI is InChI=1S/C32H40N2O5S/c1-9-38-27(35)16-14-22-13-15-25-26(19-22)34(28-31(25,8)17-18-39-28)40(36,37)24-12-10-11-23(20-24)32(21-33,29(2,3)4)30(5,6)7/h10-16,19-20,28H,9,17-18H2,1-8H3/b16-14+/t28-,31-/m0/s1. The predicted octanol–water partition coefficient (Wildman–Crippen LogP) is 6.33. The quantitative estimate of drug-likeness (QED) is 0.300. The van der Waals surface area contributed by atoms with Gasteiger partial charge in [0.15, 0.2) is 6.23 Å². The second kappa shape index (κ2) is 10.0. The monoisotopic (exact) mass is 564 g/mol. The molecule has 40 heavy (non-hydrogen) atoms. The van der Waals surface area contributed by atoms with Gasteiger partial charge in [0.1, 0.15) is 0 Å². The van der Waals surface area contributed by atoms with E-state index in [2.05, 4.69) is 6.07 Å². The number of benzene rings is 2. The van der Waals surface area contributed by atoms with E-state index in [1.807, 2.05) is 66.7 Å². The summed E-state index contributed by atoms with van der Waals surface area (Å²) in [6.07, 6.45) is 2.93. The first-order valence-electron chi connectivity index (χ1n) is 13.7. The fourth-order valence-electron chi connectivity index (χ4n) is 6.73. The Morgan fingerprint density at radius 1 is 1.15 bits per heavy atom. The maximum atomic E-state index is 14.5. The van der Waals surface area contributed by atoms with Crippen LogP contribution in [0.2, 0.25) is 0 Å². The molecule has 1 fully saturated rings. The average molecular weight is 565 g/mol. The van der Waals surface area contributed by atoms with Crippen molar-refractivity contribution in [2.24, 2.45) is 10.8 Å². The molecule has 0 bridgehead atoms. The van der Waals surface area contributed by atoms with Crippen LogP contribution >= 0.6 is 0 Å². The maximum Gasteiger partial charge on any atom is 0.330 e. The Balaban J connectivity index is 1.87. The highest BCUT2D eigenvalue weighted by atomic mass is 32.2. The van der Waals surface area contributed by atoms with Gasteiger partial charge >= 0.3 is 5.97 Å². The molecule has 0 N–H and O–H groups in total. The van der Waals surface area contributed by atoms with E-state index in [-0.39, 0.29) is 11.5 Å². The number of sulfonamides is 1. The molecule has 0 unspecified atom stereocenters. The molecule has 7 nitrogen and oxygen atoms in total. The zero-order valence-electron chi connectivity index (χ0n) is 24.7. The van der Waals surface area contributed by atoms with Crippen molar-refractivity contribution in [3.63, 3.8) is 0 Å². The van der Waals surface area contributed by atoms with E-state index in [0.717, 1.165) is 5.56 Å². The summed E-state index contributed by atoms with van der Waals surface area (Å²) in [5, 5.41) is 10.6. The molecule has 2 atom stereocenters. The first-order valence-corrected chi connectivity index (χ1v) is 15.2. The van der Waals surface area contributed by atoms with Gasteiger partial charge in [-0.25, -0.2) is 17.5 Å². The van der Waals surface area contributed by atoms with Gasteiger partial charge in [0, 0.05) is 11.5 Å². The molecule has 2 aliphatic heterocycles. The number of nitriles is 1. The van der Waals surface area contributed by atoms with Gasteiger partial charge in [-0.05, 0) is 65.1 Å². The molecule has 2 aromatic rings. The molecule has 2 aliphatic rings. The van der Waals surface area contributed by atoms with Gasteiger partial charge < -0.3 is 9.47 Å². The van der Waals surface area contributed by atoms with Crippen LogP contribution in [0, 0.1) is 22.2 Å². The number of carbonyl (C=O) groups excluding carboxylic acids is 1. The molecule has 4 rings (SSSR count). The van der Waals surface area contributed by atoms with Crippen molar-refractivity contribution in [2.45, 2.75) is 83.8 Å². The lowest BCUT2D eigenvalue weighted by Gasteiger charge is -2.49. The molecule has 2 heterocycles. The summed E-state index contributed by atoms with van der Waals surface area (Å²) in [5.41, 5.74) is 0.325. The number of carbonyl (C=O) groups is 1. The van der Waals surface area contributed by atoms with E-state index in [9.17, 15) is 18.5 Å². The van der Waals surface area contributed by atoms with Crippen LogP contribution in [0.25, 0.3) is 6.08 Å². The zero-order chi connectivity index (χ0) is 29.7. The van der Waals surface area contributed by atoms with Crippen LogP contribution in [0.5, 0.6) is 0 Å². The smallest absolute Gasteiger partial charge is 0.330 e. The van der Waals surface area contributed by atoms with Gasteiger partial charge in [0.2, 0.25) is 0 Å². The van der Waals surface area contributed by atoms with Gasteiger partial charge in [-0.15, -0.1) is 0 Å². The number of rotatable bonds is 6.